The predicted molar refractivity (Wildman–Crippen MR) is 57.6 cm³/mol. The summed E-state index contributed by atoms with van der Waals surface area (Å²) in [5.74, 6) is 0.406. The van der Waals surface area contributed by atoms with Crippen molar-refractivity contribution >= 4 is 5.91 Å². The van der Waals surface area contributed by atoms with Crippen LogP contribution in [0.1, 0.15) is 19.8 Å². The van der Waals surface area contributed by atoms with Crippen molar-refractivity contribution in [2.45, 2.75) is 25.8 Å². The van der Waals surface area contributed by atoms with Gasteiger partial charge < -0.3 is 15.0 Å². The number of hydrogen-bond acceptors (Lipinski definition) is 3. The molecule has 1 N–H and O–H groups in total. The molecule has 1 amide bonds. The Kier molecular flexibility index (Phi) is 3.59. The molecule has 0 aromatic heterocycles. The Morgan fingerprint density at radius 2 is 2.40 bits per heavy atom. The molecule has 2 atom stereocenters. The number of carbonyl (C=O) groups is 1. The normalized spacial score (nSPS) is 32.7. The van der Waals surface area contributed by atoms with E-state index in [9.17, 15) is 4.79 Å². The van der Waals surface area contributed by atoms with E-state index in [0.717, 1.165) is 39.1 Å². The van der Waals surface area contributed by atoms with Gasteiger partial charge in [-0.05, 0) is 19.8 Å². The molecule has 4 heteroatoms. The zero-order valence-electron chi connectivity index (χ0n) is 9.37. The number of ether oxygens (including phenoxy) is 1. The standard InChI is InChI=1S/C11H20N2O2/c1-9-7-12-4-5-13(9)11(14)10-3-2-6-15-8-10/h9-10,12H,2-8H2,1H3. The van der Waals surface area contributed by atoms with Crippen molar-refractivity contribution < 1.29 is 9.53 Å². The lowest BCUT2D eigenvalue weighted by Crippen LogP contribution is -2.54. The van der Waals surface area contributed by atoms with E-state index in [1.165, 1.54) is 0 Å². The summed E-state index contributed by atoms with van der Waals surface area (Å²) in [6.45, 7) is 6.23. The van der Waals surface area contributed by atoms with Crippen LogP contribution in [0.25, 0.3) is 0 Å². The fourth-order valence-corrected chi connectivity index (χ4v) is 2.34. The number of piperazine rings is 1. The summed E-state index contributed by atoms with van der Waals surface area (Å²) in [6, 6.07) is 0.327. The lowest BCUT2D eigenvalue weighted by molar-refractivity contribution is -0.142. The highest BCUT2D eigenvalue weighted by Gasteiger charge is 2.30. The largest absolute Gasteiger partial charge is 0.381 e. The van der Waals surface area contributed by atoms with Crippen LogP contribution in [-0.4, -0.2) is 49.7 Å². The maximum Gasteiger partial charge on any atom is 0.228 e. The van der Waals surface area contributed by atoms with Crippen molar-refractivity contribution in [1.29, 1.82) is 0 Å². The van der Waals surface area contributed by atoms with Crippen LogP contribution in [0.5, 0.6) is 0 Å². The van der Waals surface area contributed by atoms with E-state index in [-0.39, 0.29) is 5.92 Å². The second-order valence-electron chi connectivity index (χ2n) is 4.50. The van der Waals surface area contributed by atoms with E-state index in [1.54, 1.807) is 0 Å². The first kappa shape index (κ1) is 10.9. The van der Waals surface area contributed by atoms with Gasteiger partial charge in [0.15, 0.2) is 0 Å². The van der Waals surface area contributed by atoms with Crippen molar-refractivity contribution in [3.05, 3.63) is 0 Å². The highest BCUT2D eigenvalue weighted by atomic mass is 16.5. The molecular formula is C11H20N2O2. The Morgan fingerprint density at radius 3 is 3.07 bits per heavy atom. The summed E-state index contributed by atoms with van der Waals surface area (Å²) in [7, 11) is 0. The summed E-state index contributed by atoms with van der Waals surface area (Å²) in [5, 5.41) is 3.30. The molecule has 2 aliphatic rings. The van der Waals surface area contributed by atoms with Crippen LogP contribution in [0.3, 0.4) is 0 Å². The molecule has 0 bridgehead atoms. The first-order valence-corrected chi connectivity index (χ1v) is 5.88. The van der Waals surface area contributed by atoms with Crippen LogP contribution in [0.15, 0.2) is 0 Å². The SMILES string of the molecule is CC1CNCCN1C(=O)C1CCCOC1. The minimum atomic E-state index is 0.110. The van der Waals surface area contributed by atoms with Gasteiger partial charge in [0.2, 0.25) is 5.91 Å². The van der Waals surface area contributed by atoms with Gasteiger partial charge in [0.25, 0.3) is 0 Å². The van der Waals surface area contributed by atoms with Crippen LogP contribution in [0.2, 0.25) is 0 Å². The molecule has 2 unspecified atom stereocenters. The Morgan fingerprint density at radius 1 is 1.53 bits per heavy atom. The van der Waals surface area contributed by atoms with E-state index >= 15 is 0 Å². The van der Waals surface area contributed by atoms with Crippen molar-refractivity contribution in [3.8, 4) is 0 Å². The van der Waals surface area contributed by atoms with Gasteiger partial charge in [-0.25, -0.2) is 0 Å². The average molecular weight is 212 g/mol. The van der Waals surface area contributed by atoms with Crippen LogP contribution >= 0.6 is 0 Å². The zero-order chi connectivity index (χ0) is 10.7. The average Bonchev–Trinajstić information content (AvgIpc) is 2.30. The van der Waals surface area contributed by atoms with Crippen LogP contribution < -0.4 is 5.32 Å². The zero-order valence-corrected chi connectivity index (χ0v) is 9.37. The van der Waals surface area contributed by atoms with E-state index in [4.69, 9.17) is 4.74 Å². The van der Waals surface area contributed by atoms with Gasteiger partial charge in [-0.3, -0.25) is 4.79 Å². The molecule has 2 heterocycles. The highest BCUT2D eigenvalue weighted by Crippen LogP contribution is 2.18. The van der Waals surface area contributed by atoms with E-state index in [2.05, 4.69) is 12.2 Å². The fraction of sp³-hybridized carbons (Fsp3) is 0.909. The summed E-state index contributed by atoms with van der Waals surface area (Å²) in [4.78, 5) is 14.2. The van der Waals surface area contributed by atoms with E-state index < -0.39 is 0 Å². The fourth-order valence-electron chi connectivity index (χ4n) is 2.34. The molecule has 4 nitrogen and oxygen atoms in total. The second-order valence-corrected chi connectivity index (χ2v) is 4.50. The van der Waals surface area contributed by atoms with Crippen molar-refractivity contribution in [2.24, 2.45) is 5.92 Å². The number of amides is 1. The quantitative estimate of drug-likeness (QED) is 0.676. The maximum atomic E-state index is 12.2. The molecular weight excluding hydrogens is 192 g/mol. The summed E-state index contributed by atoms with van der Waals surface area (Å²) < 4.78 is 5.37. The first-order valence-electron chi connectivity index (χ1n) is 5.88. The molecule has 0 aromatic carbocycles. The van der Waals surface area contributed by atoms with Gasteiger partial charge in [0.1, 0.15) is 0 Å². The Bertz CT molecular complexity index is 227. The third-order valence-corrected chi connectivity index (χ3v) is 3.29. The van der Waals surface area contributed by atoms with Gasteiger partial charge in [-0.2, -0.15) is 0 Å². The first-order chi connectivity index (χ1) is 7.29. The van der Waals surface area contributed by atoms with Gasteiger partial charge in [-0.15, -0.1) is 0 Å². The van der Waals surface area contributed by atoms with Gasteiger partial charge in [0.05, 0.1) is 12.5 Å². The molecule has 0 saturated carbocycles. The summed E-state index contributed by atoms with van der Waals surface area (Å²) >= 11 is 0. The molecule has 15 heavy (non-hydrogen) atoms. The van der Waals surface area contributed by atoms with Crippen LogP contribution in [0, 0.1) is 5.92 Å². The Labute approximate surface area is 91.0 Å². The van der Waals surface area contributed by atoms with Crippen molar-refractivity contribution in [3.63, 3.8) is 0 Å². The van der Waals surface area contributed by atoms with E-state index in [0.29, 0.717) is 18.6 Å². The monoisotopic (exact) mass is 212 g/mol. The predicted octanol–water partition coefficient (Wildman–Crippen LogP) is 0.233. The molecule has 2 rings (SSSR count). The topological polar surface area (TPSA) is 41.6 Å². The van der Waals surface area contributed by atoms with Crippen molar-refractivity contribution in [2.75, 3.05) is 32.8 Å². The molecule has 86 valence electrons. The molecule has 2 fully saturated rings. The summed E-state index contributed by atoms with van der Waals surface area (Å²) in [6.07, 6.45) is 2.02. The summed E-state index contributed by atoms with van der Waals surface area (Å²) in [5.41, 5.74) is 0. The molecule has 0 aliphatic carbocycles. The minimum absolute atomic E-state index is 0.110. The Balaban J connectivity index is 1.92. The van der Waals surface area contributed by atoms with Crippen molar-refractivity contribution in [1.82, 2.24) is 10.2 Å². The van der Waals surface area contributed by atoms with Gasteiger partial charge in [0, 0.05) is 32.3 Å². The second kappa shape index (κ2) is 4.94. The highest BCUT2D eigenvalue weighted by molar-refractivity contribution is 5.79. The van der Waals surface area contributed by atoms with Gasteiger partial charge >= 0.3 is 0 Å². The lowest BCUT2D eigenvalue weighted by Gasteiger charge is -2.37. The third kappa shape index (κ3) is 2.49. The maximum absolute atomic E-state index is 12.2. The van der Waals surface area contributed by atoms with E-state index in [1.807, 2.05) is 4.90 Å². The molecule has 0 aromatic rings. The van der Waals surface area contributed by atoms with Crippen LogP contribution in [0.4, 0.5) is 0 Å². The third-order valence-electron chi connectivity index (χ3n) is 3.29. The molecule has 2 aliphatic heterocycles. The van der Waals surface area contributed by atoms with Crippen LogP contribution in [-0.2, 0) is 9.53 Å². The molecule has 2 saturated heterocycles. The molecule has 0 radical (unpaired) electrons. The number of hydrogen-bond donors (Lipinski definition) is 1. The number of nitrogens with zero attached hydrogens (tertiary/aromatic N) is 1. The number of rotatable bonds is 1. The minimum Gasteiger partial charge on any atom is -0.381 e. The number of nitrogens with one attached hydrogen (secondary N) is 1. The number of carbonyl (C=O) groups excluding carboxylic acids is 1. The molecule has 0 spiro atoms. The van der Waals surface area contributed by atoms with Gasteiger partial charge in [-0.1, -0.05) is 0 Å². The Hall–Kier alpha value is -0.610. The lowest BCUT2D eigenvalue weighted by atomic mass is 9.99. The smallest absolute Gasteiger partial charge is 0.228 e.